The average molecular weight is 335 g/mol. The van der Waals surface area contributed by atoms with Gasteiger partial charge in [0.1, 0.15) is 5.75 Å². The van der Waals surface area contributed by atoms with E-state index < -0.39 is 4.92 Å². The highest BCUT2D eigenvalue weighted by Crippen LogP contribution is 2.29. The highest BCUT2D eigenvalue weighted by Gasteiger charge is 2.32. The summed E-state index contributed by atoms with van der Waals surface area (Å²) in [6.07, 6.45) is 1.73. The van der Waals surface area contributed by atoms with Crippen molar-refractivity contribution in [2.45, 2.75) is 45.4 Å². The molecule has 1 fully saturated rings. The monoisotopic (exact) mass is 335 g/mol. The van der Waals surface area contributed by atoms with Gasteiger partial charge < -0.3 is 9.64 Å². The molecule has 2 rings (SSSR count). The quantitative estimate of drug-likeness (QED) is 0.589. The van der Waals surface area contributed by atoms with E-state index in [0.29, 0.717) is 12.3 Å². The number of non-ortho nitro benzene ring substituents is 1. The van der Waals surface area contributed by atoms with E-state index in [-0.39, 0.29) is 23.7 Å². The van der Waals surface area contributed by atoms with E-state index in [2.05, 4.69) is 4.90 Å². The van der Waals surface area contributed by atoms with Gasteiger partial charge in [-0.25, -0.2) is 0 Å². The van der Waals surface area contributed by atoms with Crippen LogP contribution in [-0.2, 0) is 11.3 Å². The van der Waals surface area contributed by atoms with Crippen LogP contribution < -0.4 is 4.74 Å². The van der Waals surface area contributed by atoms with Crippen molar-refractivity contribution < 1.29 is 14.5 Å². The smallest absolute Gasteiger partial charge is 0.270 e. The van der Waals surface area contributed by atoms with Crippen LogP contribution in [0.3, 0.4) is 0 Å². The summed E-state index contributed by atoms with van der Waals surface area (Å²) in [6.45, 7) is 5.10. The molecule has 0 unspecified atom stereocenters. The van der Waals surface area contributed by atoms with E-state index in [0.717, 1.165) is 24.9 Å². The summed E-state index contributed by atoms with van der Waals surface area (Å²) in [4.78, 5) is 26.7. The van der Waals surface area contributed by atoms with Gasteiger partial charge in [0, 0.05) is 38.3 Å². The Balaban J connectivity index is 2.27. The molecule has 1 atom stereocenters. The van der Waals surface area contributed by atoms with Crippen molar-refractivity contribution >= 4 is 11.6 Å². The molecule has 132 valence electrons. The minimum Gasteiger partial charge on any atom is -0.491 e. The van der Waals surface area contributed by atoms with Gasteiger partial charge >= 0.3 is 0 Å². The Kier molecular flexibility index (Phi) is 5.77. The fourth-order valence-corrected chi connectivity index (χ4v) is 2.98. The van der Waals surface area contributed by atoms with Crippen LogP contribution in [-0.4, -0.2) is 53.4 Å². The van der Waals surface area contributed by atoms with Crippen molar-refractivity contribution in [2.24, 2.45) is 0 Å². The van der Waals surface area contributed by atoms with Gasteiger partial charge in [-0.3, -0.25) is 19.8 Å². The van der Waals surface area contributed by atoms with Gasteiger partial charge in [-0.15, -0.1) is 0 Å². The first kappa shape index (κ1) is 18.2. The molecule has 0 radical (unpaired) electrons. The van der Waals surface area contributed by atoms with Crippen molar-refractivity contribution in [1.29, 1.82) is 0 Å². The van der Waals surface area contributed by atoms with Crippen molar-refractivity contribution in [1.82, 2.24) is 9.80 Å². The number of benzene rings is 1. The minimum atomic E-state index is -0.408. The fraction of sp³-hybridized carbons (Fsp3) is 0.588. The molecule has 7 nitrogen and oxygen atoms in total. The van der Waals surface area contributed by atoms with E-state index in [1.54, 1.807) is 31.1 Å². The van der Waals surface area contributed by atoms with Crippen LogP contribution in [0.2, 0.25) is 0 Å². The molecule has 1 saturated heterocycles. The predicted molar refractivity (Wildman–Crippen MR) is 91.0 cm³/mol. The Bertz CT molecular complexity index is 616. The summed E-state index contributed by atoms with van der Waals surface area (Å²) in [6, 6.07) is 4.47. The van der Waals surface area contributed by atoms with Gasteiger partial charge in [0.2, 0.25) is 5.91 Å². The number of likely N-dealkylation sites (N-methyl/N-ethyl adjacent to an activating group) is 1. The molecule has 0 aliphatic carbocycles. The third kappa shape index (κ3) is 4.23. The van der Waals surface area contributed by atoms with Crippen molar-refractivity contribution in [3.8, 4) is 5.75 Å². The molecule has 0 spiro atoms. The molecule has 1 heterocycles. The lowest BCUT2D eigenvalue weighted by molar-refractivity contribution is -0.385. The number of amides is 1. The first-order chi connectivity index (χ1) is 11.3. The summed E-state index contributed by atoms with van der Waals surface area (Å²) < 4.78 is 5.79. The molecule has 0 bridgehead atoms. The molecule has 1 aromatic rings. The van der Waals surface area contributed by atoms with E-state index in [4.69, 9.17) is 4.74 Å². The Morgan fingerprint density at radius 2 is 2.17 bits per heavy atom. The van der Waals surface area contributed by atoms with Crippen LogP contribution in [0, 0.1) is 10.1 Å². The van der Waals surface area contributed by atoms with Crippen molar-refractivity contribution in [3.63, 3.8) is 0 Å². The van der Waals surface area contributed by atoms with E-state index in [1.165, 1.54) is 6.07 Å². The highest BCUT2D eigenvalue weighted by molar-refractivity contribution is 5.81. The summed E-state index contributed by atoms with van der Waals surface area (Å²) in [5, 5.41) is 11.1. The van der Waals surface area contributed by atoms with Gasteiger partial charge in [0.15, 0.2) is 0 Å². The van der Waals surface area contributed by atoms with Gasteiger partial charge in [0.25, 0.3) is 5.69 Å². The molecule has 1 aliphatic heterocycles. The molecule has 0 N–H and O–H groups in total. The number of likely N-dealkylation sites (tertiary alicyclic amines) is 1. The lowest BCUT2D eigenvalue weighted by atomic mass is 10.1. The Hall–Kier alpha value is -2.15. The number of nitro benzene ring substituents is 1. The number of rotatable bonds is 6. The summed E-state index contributed by atoms with van der Waals surface area (Å²) >= 11 is 0. The fourth-order valence-electron chi connectivity index (χ4n) is 2.98. The van der Waals surface area contributed by atoms with E-state index in [9.17, 15) is 14.9 Å². The molecular formula is C17H25N3O4. The maximum Gasteiger partial charge on any atom is 0.270 e. The second kappa shape index (κ2) is 7.61. The predicted octanol–water partition coefficient (Wildman–Crippen LogP) is 2.43. The number of ether oxygens (including phenoxy) is 1. The largest absolute Gasteiger partial charge is 0.491 e. The molecule has 1 aromatic carbocycles. The average Bonchev–Trinajstić information content (AvgIpc) is 2.95. The molecule has 1 aliphatic rings. The normalized spacial score (nSPS) is 18.0. The van der Waals surface area contributed by atoms with Gasteiger partial charge in [-0.1, -0.05) is 0 Å². The van der Waals surface area contributed by atoms with Gasteiger partial charge in [-0.05, 0) is 39.3 Å². The maximum absolute atomic E-state index is 12.3. The highest BCUT2D eigenvalue weighted by atomic mass is 16.6. The van der Waals surface area contributed by atoms with Gasteiger partial charge in [0.05, 0.1) is 17.1 Å². The number of carbonyl (C=O) groups excluding carboxylic acids is 1. The molecule has 24 heavy (non-hydrogen) atoms. The maximum atomic E-state index is 12.3. The first-order valence-corrected chi connectivity index (χ1v) is 8.18. The zero-order valence-electron chi connectivity index (χ0n) is 14.7. The SMILES string of the molecule is CC(C)Oc1ccc([N+](=O)[O-])cc1CN1CCC[C@@H]1C(=O)N(C)C. The number of nitrogens with zero attached hydrogens (tertiary/aromatic N) is 3. The number of nitro groups is 1. The van der Waals surface area contributed by atoms with Crippen molar-refractivity contribution in [3.05, 3.63) is 33.9 Å². The second-order valence-corrected chi connectivity index (χ2v) is 6.58. The van der Waals surface area contributed by atoms with Crippen LogP contribution >= 0.6 is 0 Å². The summed E-state index contributed by atoms with van der Waals surface area (Å²) in [5.74, 6) is 0.711. The zero-order chi connectivity index (χ0) is 17.9. The van der Waals surface area contributed by atoms with Crippen LogP contribution in [0.15, 0.2) is 18.2 Å². The topological polar surface area (TPSA) is 75.9 Å². The molecule has 1 amide bonds. The second-order valence-electron chi connectivity index (χ2n) is 6.58. The molecule has 0 aromatic heterocycles. The molecule has 0 saturated carbocycles. The van der Waals surface area contributed by atoms with Crippen LogP contribution in [0.25, 0.3) is 0 Å². The Morgan fingerprint density at radius 1 is 1.46 bits per heavy atom. The lowest BCUT2D eigenvalue weighted by Gasteiger charge is -2.27. The Labute approximate surface area is 142 Å². The first-order valence-electron chi connectivity index (χ1n) is 8.18. The zero-order valence-corrected chi connectivity index (χ0v) is 14.7. The lowest BCUT2D eigenvalue weighted by Crippen LogP contribution is -2.42. The van der Waals surface area contributed by atoms with Crippen LogP contribution in [0.1, 0.15) is 32.3 Å². The molecular weight excluding hydrogens is 310 g/mol. The van der Waals surface area contributed by atoms with Crippen LogP contribution in [0.5, 0.6) is 5.75 Å². The summed E-state index contributed by atoms with van der Waals surface area (Å²) in [5.41, 5.74) is 0.784. The van der Waals surface area contributed by atoms with Gasteiger partial charge in [-0.2, -0.15) is 0 Å². The van der Waals surface area contributed by atoms with E-state index in [1.807, 2.05) is 13.8 Å². The standard InChI is InChI=1S/C17H25N3O4/c1-12(2)24-16-8-7-14(20(22)23)10-13(16)11-19-9-5-6-15(19)17(21)18(3)4/h7-8,10,12,15H,5-6,9,11H2,1-4H3/t15-/m1/s1. The summed E-state index contributed by atoms with van der Waals surface area (Å²) in [7, 11) is 3.50. The number of hydrogen-bond donors (Lipinski definition) is 0. The number of hydrogen-bond acceptors (Lipinski definition) is 5. The Morgan fingerprint density at radius 3 is 2.75 bits per heavy atom. The van der Waals surface area contributed by atoms with Crippen molar-refractivity contribution in [2.75, 3.05) is 20.6 Å². The number of carbonyl (C=O) groups is 1. The minimum absolute atomic E-state index is 0.0250. The molecule has 7 heteroatoms. The van der Waals surface area contributed by atoms with E-state index >= 15 is 0 Å². The third-order valence-corrected chi connectivity index (χ3v) is 4.08. The van der Waals surface area contributed by atoms with Crippen LogP contribution in [0.4, 0.5) is 5.69 Å². The third-order valence-electron chi connectivity index (χ3n) is 4.08.